The molecule has 6 rings (SSSR count). The van der Waals surface area contributed by atoms with E-state index in [4.69, 9.17) is 16.3 Å². The smallest absolute Gasteiger partial charge is 0.336 e. The van der Waals surface area contributed by atoms with Gasteiger partial charge in [0.2, 0.25) is 0 Å². The first kappa shape index (κ1) is 29.8. The van der Waals surface area contributed by atoms with Crippen molar-refractivity contribution >= 4 is 28.7 Å². The summed E-state index contributed by atoms with van der Waals surface area (Å²) in [6.07, 6.45) is 1.60. The molecule has 9 nitrogen and oxygen atoms in total. The number of carboxylic acid groups (broad SMARTS) is 1. The SMILES string of the molecule is Cc1ccc(Oc2nc3nc(-c4ccc(-c5ccc(CN6CCC(CO)(CO)CC6)cc5)cc4)c(Cl)cc3[nH]2)cc1C(=O)O. The molecule has 1 aliphatic heterocycles. The zero-order chi connectivity index (χ0) is 30.8. The molecule has 0 unspecified atom stereocenters. The first-order valence-electron chi connectivity index (χ1n) is 14.5. The highest BCUT2D eigenvalue weighted by molar-refractivity contribution is 6.33. The molecular weight excluding hydrogens is 580 g/mol. The van der Waals surface area contributed by atoms with Crippen molar-refractivity contribution in [2.24, 2.45) is 5.41 Å². The second-order valence-electron chi connectivity index (χ2n) is 11.5. The first-order chi connectivity index (χ1) is 21.3. The molecule has 0 radical (unpaired) electrons. The lowest BCUT2D eigenvalue weighted by Crippen LogP contribution is -2.43. The van der Waals surface area contributed by atoms with Crippen LogP contribution in [0.3, 0.4) is 0 Å². The molecule has 44 heavy (non-hydrogen) atoms. The number of fused-ring (bicyclic) bond motifs is 1. The lowest BCUT2D eigenvalue weighted by molar-refractivity contribution is -0.00316. The third kappa shape index (κ3) is 6.18. The highest BCUT2D eigenvalue weighted by Gasteiger charge is 2.33. The maximum atomic E-state index is 11.5. The zero-order valence-corrected chi connectivity index (χ0v) is 25.0. The van der Waals surface area contributed by atoms with Gasteiger partial charge in [0.15, 0.2) is 5.65 Å². The van der Waals surface area contributed by atoms with Gasteiger partial charge in [-0.3, -0.25) is 4.90 Å². The van der Waals surface area contributed by atoms with E-state index in [0.29, 0.717) is 33.2 Å². The molecule has 0 amide bonds. The highest BCUT2D eigenvalue weighted by atomic mass is 35.5. The number of carbonyl (C=O) groups is 1. The summed E-state index contributed by atoms with van der Waals surface area (Å²) in [5, 5.41) is 29.2. The highest BCUT2D eigenvalue weighted by Crippen LogP contribution is 2.33. The van der Waals surface area contributed by atoms with Gasteiger partial charge in [0.25, 0.3) is 0 Å². The number of aromatic amines is 1. The fourth-order valence-corrected chi connectivity index (χ4v) is 5.85. The summed E-state index contributed by atoms with van der Waals surface area (Å²) >= 11 is 6.62. The van der Waals surface area contributed by atoms with E-state index in [9.17, 15) is 20.1 Å². The van der Waals surface area contributed by atoms with Gasteiger partial charge in [0.1, 0.15) is 5.75 Å². The Kier molecular flexibility index (Phi) is 8.38. The van der Waals surface area contributed by atoms with E-state index in [1.165, 1.54) is 11.6 Å². The standard InChI is InChI=1S/C34H33ClN4O5/c1-21-2-11-26(16-27(21)32(42)43)44-33-36-29-17-28(35)30(37-31(29)38-33)25-9-7-24(8-10-25)23-5-3-22(4-6-23)18-39-14-12-34(19-40,20-41)13-15-39/h2-11,16-17,40-41H,12-15,18-20H2,1H3,(H,42,43)(H,36,37,38). The van der Waals surface area contributed by atoms with Gasteiger partial charge in [-0.1, -0.05) is 66.2 Å². The fraction of sp³-hybridized carbons (Fsp3) is 0.265. The number of benzene rings is 3. The third-order valence-corrected chi connectivity index (χ3v) is 8.79. The molecule has 1 fully saturated rings. The van der Waals surface area contributed by atoms with Gasteiger partial charge in [-0.05, 0) is 73.3 Å². The molecule has 3 aromatic carbocycles. The molecule has 10 heteroatoms. The number of hydrogen-bond donors (Lipinski definition) is 4. The first-order valence-corrected chi connectivity index (χ1v) is 14.9. The summed E-state index contributed by atoms with van der Waals surface area (Å²) < 4.78 is 5.79. The zero-order valence-electron chi connectivity index (χ0n) is 24.3. The molecule has 0 aliphatic carbocycles. The van der Waals surface area contributed by atoms with Gasteiger partial charge in [-0.25, -0.2) is 9.78 Å². The number of aliphatic hydroxyl groups is 2. The van der Waals surface area contributed by atoms with E-state index in [-0.39, 0.29) is 30.2 Å². The Morgan fingerprint density at radius 2 is 1.57 bits per heavy atom. The van der Waals surface area contributed by atoms with E-state index < -0.39 is 5.97 Å². The summed E-state index contributed by atoms with van der Waals surface area (Å²) in [4.78, 5) is 26.0. The maximum Gasteiger partial charge on any atom is 0.336 e. The molecule has 3 heterocycles. The van der Waals surface area contributed by atoms with Crippen LogP contribution >= 0.6 is 11.6 Å². The quantitative estimate of drug-likeness (QED) is 0.152. The van der Waals surface area contributed by atoms with Crippen LogP contribution in [0.4, 0.5) is 0 Å². The van der Waals surface area contributed by atoms with Crippen molar-refractivity contribution in [2.45, 2.75) is 26.3 Å². The third-order valence-electron chi connectivity index (χ3n) is 8.50. The van der Waals surface area contributed by atoms with Crippen LogP contribution in [0, 0.1) is 12.3 Å². The Morgan fingerprint density at radius 3 is 2.20 bits per heavy atom. The number of ether oxygens (including phenoxy) is 1. The van der Waals surface area contributed by atoms with E-state index in [1.54, 1.807) is 25.1 Å². The van der Waals surface area contributed by atoms with Gasteiger partial charge < -0.3 is 25.0 Å². The number of aliphatic hydroxyl groups excluding tert-OH is 2. The Balaban J connectivity index is 1.14. The van der Waals surface area contributed by atoms with Crippen molar-refractivity contribution in [1.82, 2.24) is 19.9 Å². The molecule has 5 aromatic rings. The largest absolute Gasteiger partial charge is 0.478 e. The van der Waals surface area contributed by atoms with Crippen molar-refractivity contribution in [3.05, 3.63) is 94.5 Å². The van der Waals surface area contributed by atoms with Gasteiger partial charge in [-0.15, -0.1) is 0 Å². The number of halogens is 1. The van der Waals surface area contributed by atoms with Crippen LogP contribution in [0.15, 0.2) is 72.8 Å². The second kappa shape index (κ2) is 12.4. The van der Waals surface area contributed by atoms with Crippen molar-refractivity contribution in [3.63, 3.8) is 0 Å². The van der Waals surface area contributed by atoms with Crippen molar-refractivity contribution < 1.29 is 24.9 Å². The van der Waals surface area contributed by atoms with E-state index in [1.807, 2.05) is 24.3 Å². The number of hydrogen-bond acceptors (Lipinski definition) is 7. The molecule has 2 aromatic heterocycles. The van der Waals surface area contributed by atoms with Crippen LogP contribution in [0.25, 0.3) is 33.5 Å². The summed E-state index contributed by atoms with van der Waals surface area (Å²) in [6.45, 7) is 4.36. The van der Waals surface area contributed by atoms with Gasteiger partial charge >= 0.3 is 12.0 Å². The van der Waals surface area contributed by atoms with E-state index in [2.05, 4.69) is 44.1 Å². The number of imidazole rings is 1. The number of aryl methyl sites for hydroxylation is 1. The van der Waals surface area contributed by atoms with Gasteiger partial charge in [-0.2, -0.15) is 4.98 Å². The summed E-state index contributed by atoms with van der Waals surface area (Å²) in [6, 6.07) is 23.3. The second-order valence-corrected chi connectivity index (χ2v) is 11.9. The number of pyridine rings is 1. The lowest BCUT2D eigenvalue weighted by atomic mass is 9.80. The van der Waals surface area contributed by atoms with Gasteiger partial charge in [0.05, 0.1) is 35.0 Å². The number of aromatic nitrogens is 3. The molecule has 0 bridgehead atoms. The minimum atomic E-state index is -1.03. The van der Waals surface area contributed by atoms with Crippen LogP contribution < -0.4 is 4.74 Å². The fourth-order valence-electron chi connectivity index (χ4n) is 5.59. The van der Waals surface area contributed by atoms with Gasteiger partial charge in [0, 0.05) is 17.5 Å². The number of aromatic carboxylic acids is 1. The molecule has 1 saturated heterocycles. The van der Waals surface area contributed by atoms with Crippen LogP contribution in [-0.2, 0) is 6.54 Å². The minimum absolute atomic E-state index is 0.0351. The monoisotopic (exact) mass is 612 g/mol. The Bertz CT molecular complexity index is 1790. The summed E-state index contributed by atoms with van der Waals surface area (Å²) in [5.41, 5.74) is 6.32. The van der Waals surface area contributed by atoms with Crippen LogP contribution in [-0.4, -0.2) is 67.4 Å². The van der Waals surface area contributed by atoms with Crippen molar-refractivity contribution in [1.29, 1.82) is 0 Å². The molecule has 1 aliphatic rings. The number of nitrogens with zero attached hydrogens (tertiary/aromatic N) is 3. The molecule has 4 N–H and O–H groups in total. The van der Waals surface area contributed by atoms with Crippen LogP contribution in [0.5, 0.6) is 11.8 Å². The number of rotatable bonds is 9. The van der Waals surface area contributed by atoms with E-state index >= 15 is 0 Å². The Labute approximate surface area is 259 Å². The molecule has 0 saturated carbocycles. The van der Waals surface area contributed by atoms with E-state index in [0.717, 1.165) is 49.2 Å². The molecule has 0 atom stereocenters. The predicted molar refractivity (Wildman–Crippen MR) is 169 cm³/mol. The van der Waals surface area contributed by atoms with Crippen LogP contribution in [0.2, 0.25) is 5.02 Å². The average Bonchev–Trinajstić information content (AvgIpc) is 3.43. The number of H-pyrrole nitrogens is 1. The molecule has 226 valence electrons. The lowest BCUT2D eigenvalue weighted by Gasteiger charge is -2.39. The topological polar surface area (TPSA) is 132 Å². The Hall–Kier alpha value is -4.28. The predicted octanol–water partition coefficient (Wildman–Crippen LogP) is 6.31. The van der Waals surface area contributed by atoms with Crippen LogP contribution in [0.1, 0.15) is 34.3 Å². The normalized spacial score (nSPS) is 15.0. The summed E-state index contributed by atoms with van der Waals surface area (Å²) in [7, 11) is 0. The Morgan fingerprint density at radius 1 is 0.932 bits per heavy atom. The van der Waals surface area contributed by atoms with Crippen molar-refractivity contribution in [2.75, 3.05) is 26.3 Å². The number of likely N-dealkylation sites (tertiary alicyclic amines) is 1. The number of nitrogens with one attached hydrogen (secondary N) is 1. The minimum Gasteiger partial charge on any atom is -0.478 e. The maximum absolute atomic E-state index is 11.5. The summed E-state index contributed by atoms with van der Waals surface area (Å²) in [5.74, 6) is -0.677. The number of piperidine rings is 1. The van der Waals surface area contributed by atoms with Crippen molar-refractivity contribution in [3.8, 4) is 34.1 Å². The molecular formula is C34H33ClN4O5. The average molecular weight is 613 g/mol. The molecule has 0 spiro atoms. The number of carboxylic acids is 1.